The van der Waals surface area contributed by atoms with Gasteiger partial charge in [0, 0.05) is 12.2 Å². The van der Waals surface area contributed by atoms with Crippen molar-refractivity contribution in [2.24, 2.45) is 0 Å². The molecule has 29 heavy (non-hydrogen) atoms. The Morgan fingerprint density at radius 2 is 1.97 bits per heavy atom. The van der Waals surface area contributed by atoms with Crippen molar-refractivity contribution in [2.45, 2.75) is 83.6 Å². The molecule has 0 spiro atoms. The van der Waals surface area contributed by atoms with Gasteiger partial charge < -0.3 is 10.4 Å². The Morgan fingerprint density at radius 1 is 1.21 bits per heavy atom. The molecule has 0 unspecified atom stereocenters. The summed E-state index contributed by atoms with van der Waals surface area (Å²) >= 11 is 0. The van der Waals surface area contributed by atoms with Crippen LogP contribution >= 0.6 is 0 Å². The van der Waals surface area contributed by atoms with E-state index in [4.69, 9.17) is 4.98 Å². The molecule has 2 rings (SSSR count). The van der Waals surface area contributed by atoms with Crippen molar-refractivity contribution in [3.8, 4) is 0 Å². The molecule has 0 aliphatic carbocycles. The minimum Gasteiger partial charge on any atom is -0.480 e. The lowest BCUT2D eigenvalue weighted by Gasteiger charge is -2.17. The van der Waals surface area contributed by atoms with Crippen LogP contribution in [0.4, 0.5) is 5.82 Å². The Labute approximate surface area is 174 Å². The molecule has 3 N–H and O–H groups in total. The number of anilines is 1. The van der Waals surface area contributed by atoms with Crippen LogP contribution in [0.5, 0.6) is 0 Å². The number of pyridine rings is 1. The summed E-state index contributed by atoms with van der Waals surface area (Å²) in [5, 5.41) is 12.6. The van der Waals surface area contributed by atoms with Crippen molar-refractivity contribution in [3.05, 3.63) is 23.4 Å². The molecule has 1 aromatic rings. The highest BCUT2D eigenvalue weighted by molar-refractivity contribution is 7.89. The van der Waals surface area contributed by atoms with E-state index in [0.29, 0.717) is 19.3 Å². The van der Waals surface area contributed by atoms with Gasteiger partial charge in [-0.15, -0.1) is 0 Å². The molecule has 0 saturated heterocycles. The van der Waals surface area contributed by atoms with Gasteiger partial charge >= 0.3 is 5.97 Å². The lowest BCUT2D eigenvalue weighted by atomic mass is 10.0. The van der Waals surface area contributed by atoms with Gasteiger partial charge in [-0.1, -0.05) is 45.1 Å². The van der Waals surface area contributed by atoms with Crippen LogP contribution in [0.1, 0.15) is 76.0 Å². The number of nitrogens with one attached hydrogen (secondary N) is 2. The Kier molecular flexibility index (Phi) is 9.87. The maximum Gasteiger partial charge on any atom is 0.321 e. The fraction of sp³-hybridized carbons (Fsp3) is 0.714. The van der Waals surface area contributed by atoms with Gasteiger partial charge in [0.25, 0.3) is 0 Å². The minimum atomic E-state index is -3.52. The third-order valence-corrected chi connectivity index (χ3v) is 6.73. The summed E-state index contributed by atoms with van der Waals surface area (Å²) in [6, 6.07) is 3.27. The third-order valence-electron chi connectivity index (χ3n) is 5.26. The molecule has 1 atom stereocenters. The predicted octanol–water partition coefficient (Wildman–Crippen LogP) is 3.50. The van der Waals surface area contributed by atoms with Gasteiger partial charge in [-0.05, 0) is 50.2 Å². The first-order valence-corrected chi connectivity index (χ1v) is 12.5. The zero-order valence-corrected chi connectivity index (χ0v) is 18.3. The number of hydrogen-bond donors (Lipinski definition) is 3. The number of aromatic nitrogens is 1. The summed E-state index contributed by atoms with van der Waals surface area (Å²) in [6.45, 7) is 2.90. The van der Waals surface area contributed by atoms with E-state index in [9.17, 15) is 18.3 Å². The van der Waals surface area contributed by atoms with Crippen molar-refractivity contribution in [1.82, 2.24) is 9.71 Å². The molecule has 0 radical (unpaired) electrons. The summed E-state index contributed by atoms with van der Waals surface area (Å²) in [5.41, 5.74) is 2.42. The number of hydrogen-bond acceptors (Lipinski definition) is 5. The molecule has 1 aliphatic rings. The summed E-state index contributed by atoms with van der Waals surface area (Å²) in [5.74, 6) is -0.0773. The molecule has 164 valence electrons. The largest absolute Gasteiger partial charge is 0.480 e. The number of aliphatic carboxylic acids is 1. The molecule has 0 bridgehead atoms. The minimum absolute atomic E-state index is 0.0144. The van der Waals surface area contributed by atoms with E-state index in [-0.39, 0.29) is 5.75 Å². The smallest absolute Gasteiger partial charge is 0.321 e. The van der Waals surface area contributed by atoms with Crippen molar-refractivity contribution in [3.63, 3.8) is 0 Å². The number of rotatable bonds is 14. The third kappa shape index (κ3) is 8.70. The van der Waals surface area contributed by atoms with E-state index in [1.165, 1.54) is 5.56 Å². The molecule has 8 heteroatoms. The van der Waals surface area contributed by atoms with Gasteiger partial charge in [0.15, 0.2) is 0 Å². The first kappa shape index (κ1) is 23.6. The molecule has 0 amide bonds. The van der Waals surface area contributed by atoms with Crippen LogP contribution in [0.2, 0.25) is 0 Å². The second kappa shape index (κ2) is 12.1. The molecule has 1 aliphatic heterocycles. The second-order valence-corrected chi connectivity index (χ2v) is 9.70. The topological polar surface area (TPSA) is 108 Å². The SMILES string of the molecule is CCCCS(=O)(=O)N[C@@H](CCCCCCCc1ccc2c(n1)NCCC2)C(=O)O. The van der Waals surface area contributed by atoms with E-state index in [2.05, 4.69) is 22.2 Å². The highest BCUT2D eigenvalue weighted by Crippen LogP contribution is 2.20. The first-order valence-electron chi connectivity index (χ1n) is 10.9. The standard InChI is InChI=1S/C21H35N3O4S/c1-2-3-16-29(27,28)24-19(21(25)26)12-8-6-4-5-7-11-18-14-13-17-10-9-15-22-20(17)23-18/h13-14,19,24H,2-12,15-16H2,1H3,(H,22,23)(H,25,26)/t19-/m0/s1. The van der Waals surface area contributed by atoms with Crippen molar-refractivity contribution >= 4 is 21.8 Å². The Morgan fingerprint density at radius 3 is 2.72 bits per heavy atom. The second-order valence-electron chi connectivity index (χ2n) is 7.83. The fourth-order valence-electron chi connectivity index (χ4n) is 3.54. The van der Waals surface area contributed by atoms with Crippen LogP contribution < -0.4 is 10.0 Å². The lowest BCUT2D eigenvalue weighted by molar-refractivity contribution is -0.139. The van der Waals surface area contributed by atoms with Crippen LogP contribution in [-0.2, 0) is 27.7 Å². The molecule has 0 saturated carbocycles. The Bertz CT molecular complexity index is 752. The van der Waals surface area contributed by atoms with Crippen molar-refractivity contribution in [1.29, 1.82) is 0 Å². The molecule has 7 nitrogen and oxygen atoms in total. The maximum atomic E-state index is 11.9. The summed E-state index contributed by atoms with van der Waals surface area (Å²) < 4.78 is 26.2. The van der Waals surface area contributed by atoms with E-state index < -0.39 is 22.0 Å². The van der Waals surface area contributed by atoms with Gasteiger partial charge in [0.2, 0.25) is 10.0 Å². The zero-order chi connectivity index (χ0) is 21.1. The van der Waals surface area contributed by atoms with Gasteiger partial charge in [-0.2, -0.15) is 0 Å². The maximum absolute atomic E-state index is 11.9. The average Bonchev–Trinajstić information content (AvgIpc) is 2.70. The lowest BCUT2D eigenvalue weighted by Crippen LogP contribution is -2.41. The molecule has 0 fully saturated rings. The average molecular weight is 426 g/mol. The number of carboxylic acids is 1. The van der Waals surface area contributed by atoms with E-state index in [1.807, 2.05) is 6.92 Å². The Hall–Kier alpha value is -1.67. The number of carboxylic acid groups (broad SMARTS) is 1. The Balaban J connectivity index is 1.62. The number of sulfonamides is 1. The molecular weight excluding hydrogens is 390 g/mol. The van der Waals surface area contributed by atoms with Gasteiger partial charge in [-0.3, -0.25) is 4.79 Å². The van der Waals surface area contributed by atoms with E-state index in [0.717, 1.165) is 69.4 Å². The highest BCUT2D eigenvalue weighted by atomic mass is 32.2. The normalized spacial score (nSPS) is 14.8. The van der Waals surface area contributed by atoms with Crippen LogP contribution in [0.3, 0.4) is 0 Å². The molecule has 1 aromatic heterocycles. The quantitative estimate of drug-likeness (QED) is 0.394. The summed E-state index contributed by atoms with van der Waals surface area (Å²) in [7, 11) is -3.52. The van der Waals surface area contributed by atoms with E-state index >= 15 is 0 Å². The van der Waals surface area contributed by atoms with Crippen LogP contribution in [0, 0.1) is 0 Å². The molecule has 0 aromatic carbocycles. The summed E-state index contributed by atoms with van der Waals surface area (Å²) in [6.07, 6.45) is 9.57. The number of aryl methyl sites for hydroxylation is 2. The number of unbranched alkanes of at least 4 members (excludes halogenated alkanes) is 5. The predicted molar refractivity (Wildman–Crippen MR) is 116 cm³/mol. The zero-order valence-electron chi connectivity index (χ0n) is 17.5. The monoisotopic (exact) mass is 425 g/mol. The fourth-order valence-corrected chi connectivity index (χ4v) is 4.97. The van der Waals surface area contributed by atoms with Crippen molar-refractivity contribution in [2.75, 3.05) is 17.6 Å². The van der Waals surface area contributed by atoms with Crippen LogP contribution in [-0.4, -0.2) is 42.8 Å². The van der Waals surface area contributed by atoms with Crippen LogP contribution in [0.15, 0.2) is 12.1 Å². The van der Waals surface area contributed by atoms with Crippen LogP contribution in [0.25, 0.3) is 0 Å². The molecular formula is C21H35N3O4S. The number of nitrogens with zero attached hydrogens (tertiary/aromatic N) is 1. The van der Waals surface area contributed by atoms with Gasteiger partial charge in [0.1, 0.15) is 11.9 Å². The molecule has 2 heterocycles. The van der Waals surface area contributed by atoms with E-state index in [1.54, 1.807) is 0 Å². The highest BCUT2D eigenvalue weighted by Gasteiger charge is 2.23. The first-order chi connectivity index (χ1) is 13.9. The van der Waals surface area contributed by atoms with Crippen molar-refractivity contribution < 1.29 is 18.3 Å². The number of fused-ring (bicyclic) bond motifs is 1. The number of carbonyl (C=O) groups is 1. The van der Waals surface area contributed by atoms with Gasteiger partial charge in [0.05, 0.1) is 5.75 Å². The van der Waals surface area contributed by atoms with Gasteiger partial charge in [-0.25, -0.2) is 18.1 Å². The summed E-state index contributed by atoms with van der Waals surface area (Å²) in [4.78, 5) is 16.0.